The van der Waals surface area contributed by atoms with Gasteiger partial charge in [0.05, 0.1) is 5.56 Å². The van der Waals surface area contributed by atoms with Gasteiger partial charge in [-0.25, -0.2) is 0 Å². The highest BCUT2D eigenvalue weighted by Gasteiger charge is 2.24. The minimum Gasteiger partial charge on any atom is -0.423 e. The Morgan fingerprint density at radius 2 is 2.38 bits per heavy atom. The summed E-state index contributed by atoms with van der Waals surface area (Å²) in [7, 11) is 1.57. The first-order valence-corrected chi connectivity index (χ1v) is 7.27. The molecule has 21 heavy (non-hydrogen) atoms. The van der Waals surface area contributed by atoms with Gasteiger partial charge in [0, 0.05) is 37.7 Å². The van der Waals surface area contributed by atoms with Crippen LogP contribution in [0.2, 0.25) is 5.02 Å². The van der Waals surface area contributed by atoms with Gasteiger partial charge >= 0.3 is 0 Å². The van der Waals surface area contributed by atoms with E-state index in [4.69, 9.17) is 16.0 Å². The topological polar surface area (TPSA) is 70.4 Å². The molecule has 1 aromatic carbocycles. The van der Waals surface area contributed by atoms with Gasteiger partial charge in [-0.15, -0.1) is 0 Å². The van der Waals surface area contributed by atoms with Crippen LogP contribution in [0.15, 0.2) is 16.5 Å². The number of oxazole rings is 1. The molecule has 0 aliphatic carbocycles. The Balaban J connectivity index is 2.08. The van der Waals surface area contributed by atoms with Crippen LogP contribution in [0.3, 0.4) is 0 Å². The molecule has 1 amide bonds. The molecule has 6 nitrogen and oxygen atoms in total. The van der Waals surface area contributed by atoms with Gasteiger partial charge < -0.3 is 20.0 Å². The fraction of sp³-hybridized carbons (Fsp3) is 0.429. The second kappa shape index (κ2) is 5.54. The average molecular weight is 309 g/mol. The number of halogens is 1. The van der Waals surface area contributed by atoms with E-state index in [9.17, 15) is 4.79 Å². The van der Waals surface area contributed by atoms with Crippen LogP contribution in [0.4, 0.5) is 6.01 Å². The molecule has 112 valence electrons. The molecule has 7 heteroatoms. The standard InChI is InChI=1S/C14H17ClN4O2/c1-8-7-17-3-4-19(8)14-18-11-6-9(15)5-10(12(11)21-14)13(20)16-2/h5-6,8,17H,3-4,7H2,1-2H3,(H,16,20). The zero-order valence-corrected chi connectivity index (χ0v) is 12.7. The molecule has 1 saturated heterocycles. The number of aromatic nitrogens is 1. The van der Waals surface area contributed by atoms with Crippen molar-refractivity contribution in [1.82, 2.24) is 15.6 Å². The summed E-state index contributed by atoms with van der Waals surface area (Å²) in [6, 6.07) is 4.12. The van der Waals surface area contributed by atoms with Crippen molar-refractivity contribution < 1.29 is 9.21 Å². The number of anilines is 1. The normalized spacial score (nSPS) is 19.0. The maximum atomic E-state index is 11.9. The molecule has 1 aromatic heterocycles. The molecule has 1 aliphatic rings. The summed E-state index contributed by atoms with van der Waals surface area (Å²) in [4.78, 5) is 18.5. The van der Waals surface area contributed by atoms with Crippen molar-refractivity contribution in [2.45, 2.75) is 13.0 Å². The summed E-state index contributed by atoms with van der Waals surface area (Å²) in [6.45, 7) is 4.68. The lowest BCUT2D eigenvalue weighted by Gasteiger charge is -2.32. The molecule has 1 fully saturated rings. The Kier molecular flexibility index (Phi) is 3.73. The first kappa shape index (κ1) is 14.2. The van der Waals surface area contributed by atoms with E-state index in [1.807, 2.05) is 0 Å². The molecule has 1 atom stereocenters. The number of carbonyl (C=O) groups is 1. The van der Waals surface area contributed by atoms with Crippen LogP contribution in [0.5, 0.6) is 0 Å². The number of carbonyl (C=O) groups excluding carboxylic acids is 1. The lowest BCUT2D eigenvalue weighted by molar-refractivity contribution is 0.0964. The number of benzene rings is 1. The highest BCUT2D eigenvalue weighted by molar-refractivity contribution is 6.32. The van der Waals surface area contributed by atoms with E-state index in [1.165, 1.54) is 0 Å². The molecule has 2 N–H and O–H groups in total. The van der Waals surface area contributed by atoms with Crippen molar-refractivity contribution in [3.8, 4) is 0 Å². The van der Waals surface area contributed by atoms with Crippen LogP contribution in [0.25, 0.3) is 11.1 Å². The molecule has 1 unspecified atom stereocenters. The molecule has 0 radical (unpaired) electrons. The Hall–Kier alpha value is -1.79. The highest BCUT2D eigenvalue weighted by Crippen LogP contribution is 2.29. The van der Waals surface area contributed by atoms with Crippen LogP contribution in [-0.2, 0) is 0 Å². The lowest BCUT2D eigenvalue weighted by atomic mass is 10.2. The van der Waals surface area contributed by atoms with E-state index in [0.29, 0.717) is 27.7 Å². The number of hydrogen-bond acceptors (Lipinski definition) is 5. The minimum atomic E-state index is -0.237. The number of nitrogens with zero attached hydrogens (tertiary/aromatic N) is 2. The molecule has 2 aromatic rings. The molecule has 3 rings (SSSR count). The molecule has 0 saturated carbocycles. The number of nitrogens with one attached hydrogen (secondary N) is 2. The summed E-state index contributed by atoms with van der Waals surface area (Å²) in [5, 5.41) is 6.38. The van der Waals surface area contributed by atoms with Crippen molar-refractivity contribution in [2.24, 2.45) is 0 Å². The van der Waals surface area contributed by atoms with Gasteiger partial charge in [-0.1, -0.05) is 11.6 Å². The van der Waals surface area contributed by atoms with E-state index in [-0.39, 0.29) is 11.9 Å². The molecule has 0 bridgehead atoms. The predicted octanol–water partition coefficient (Wildman–Crippen LogP) is 1.64. The van der Waals surface area contributed by atoms with Crippen LogP contribution in [0.1, 0.15) is 17.3 Å². The maximum absolute atomic E-state index is 11.9. The zero-order valence-electron chi connectivity index (χ0n) is 11.9. The summed E-state index contributed by atoms with van der Waals surface area (Å²) in [6.07, 6.45) is 0. The van der Waals surface area contributed by atoms with E-state index < -0.39 is 0 Å². The predicted molar refractivity (Wildman–Crippen MR) is 82.1 cm³/mol. The van der Waals surface area contributed by atoms with Gasteiger partial charge in [-0.05, 0) is 19.1 Å². The van der Waals surface area contributed by atoms with E-state index >= 15 is 0 Å². The van der Waals surface area contributed by atoms with Gasteiger partial charge in [0.2, 0.25) is 0 Å². The van der Waals surface area contributed by atoms with E-state index in [0.717, 1.165) is 19.6 Å². The average Bonchev–Trinajstić information content (AvgIpc) is 2.89. The van der Waals surface area contributed by atoms with Crippen molar-refractivity contribution >= 4 is 34.6 Å². The van der Waals surface area contributed by atoms with Crippen molar-refractivity contribution in [2.75, 3.05) is 31.6 Å². The largest absolute Gasteiger partial charge is 0.423 e. The van der Waals surface area contributed by atoms with Gasteiger partial charge in [-0.2, -0.15) is 4.98 Å². The Bertz CT molecular complexity index is 685. The van der Waals surface area contributed by atoms with Crippen LogP contribution in [0, 0.1) is 0 Å². The third-order valence-corrected chi connectivity index (χ3v) is 3.88. The molecular weight excluding hydrogens is 292 g/mol. The number of fused-ring (bicyclic) bond motifs is 1. The van der Waals surface area contributed by atoms with Crippen LogP contribution < -0.4 is 15.5 Å². The third kappa shape index (κ3) is 2.56. The zero-order chi connectivity index (χ0) is 15.0. The number of hydrogen-bond donors (Lipinski definition) is 2. The molecular formula is C14H17ClN4O2. The maximum Gasteiger partial charge on any atom is 0.298 e. The molecule has 1 aliphatic heterocycles. The SMILES string of the molecule is CNC(=O)c1cc(Cl)cc2nc(N3CCNCC3C)oc12. The minimum absolute atomic E-state index is 0.237. The Labute approximate surface area is 127 Å². The Morgan fingerprint density at radius 3 is 3.10 bits per heavy atom. The van der Waals surface area contributed by atoms with Crippen molar-refractivity contribution in [3.63, 3.8) is 0 Å². The van der Waals surface area contributed by atoms with Crippen LogP contribution in [-0.4, -0.2) is 43.6 Å². The summed E-state index contributed by atoms with van der Waals surface area (Å²) >= 11 is 6.06. The van der Waals surface area contributed by atoms with Gasteiger partial charge in [-0.3, -0.25) is 4.79 Å². The van der Waals surface area contributed by atoms with Gasteiger partial charge in [0.15, 0.2) is 5.58 Å². The van der Waals surface area contributed by atoms with E-state index in [1.54, 1.807) is 19.2 Å². The molecule has 0 spiro atoms. The molecule has 2 heterocycles. The lowest BCUT2D eigenvalue weighted by Crippen LogP contribution is -2.50. The second-order valence-electron chi connectivity index (χ2n) is 5.12. The quantitative estimate of drug-likeness (QED) is 0.882. The smallest absolute Gasteiger partial charge is 0.298 e. The highest BCUT2D eigenvalue weighted by atomic mass is 35.5. The fourth-order valence-corrected chi connectivity index (χ4v) is 2.75. The fourth-order valence-electron chi connectivity index (χ4n) is 2.54. The van der Waals surface area contributed by atoms with Gasteiger partial charge in [0.1, 0.15) is 5.52 Å². The van der Waals surface area contributed by atoms with E-state index in [2.05, 4.69) is 27.4 Å². The summed E-state index contributed by atoms with van der Waals surface area (Å²) in [5.74, 6) is -0.237. The van der Waals surface area contributed by atoms with Crippen LogP contribution >= 0.6 is 11.6 Å². The van der Waals surface area contributed by atoms with Gasteiger partial charge in [0.25, 0.3) is 11.9 Å². The monoisotopic (exact) mass is 308 g/mol. The number of piperazine rings is 1. The van der Waals surface area contributed by atoms with Crippen molar-refractivity contribution in [3.05, 3.63) is 22.7 Å². The third-order valence-electron chi connectivity index (χ3n) is 3.66. The first-order chi connectivity index (χ1) is 10.1. The first-order valence-electron chi connectivity index (χ1n) is 6.89. The summed E-state index contributed by atoms with van der Waals surface area (Å²) in [5.41, 5.74) is 1.47. The number of amides is 1. The summed E-state index contributed by atoms with van der Waals surface area (Å²) < 4.78 is 5.85. The second-order valence-corrected chi connectivity index (χ2v) is 5.56. The Morgan fingerprint density at radius 1 is 1.57 bits per heavy atom. The van der Waals surface area contributed by atoms with Crippen molar-refractivity contribution in [1.29, 1.82) is 0 Å². The number of rotatable bonds is 2.